The van der Waals surface area contributed by atoms with Crippen molar-refractivity contribution in [1.82, 2.24) is 20.0 Å². The predicted octanol–water partition coefficient (Wildman–Crippen LogP) is 1.91. The number of hydrogen-bond acceptors (Lipinski definition) is 5. The fourth-order valence-corrected chi connectivity index (χ4v) is 3.79. The van der Waals surface area contributed by atoms with E-state index in [9.17, 15) is 22.8 Å². The molecule has 0 aliphatic carbocycles. The number of aromatic nitrogens is 2. The van der Waals surface area contributed by atoms with E-state index in [1.165, 1.54) is 4.90 Å². The third-order valence-electron chi connectivity index (χ3n) is 5.44. The van der Waals surface area contributed by atoms with Gasteiger partial charge in [0.15, 0.2) is 0 Å². The van der Waals surface area contributed by atoms with Gasteiger partial charge in [-0.15, -0.1) is 0 Å². The molecule has 1 atom stereocenters. The van der Waals surface area contributed by atoms with Crippen LogP contribution < -0.4 is 11.1 Å². The van der Waals surface area contributed by atoms with E-state index in [2.05, 4.69) is 10.4 Å². The molecule has 12 heteroatoms. The summed E-state index contributed by atoms with van der Waals surface area (Å²) in [5, 5.41) is 15.4. The zero-order valence-corrected chi connectivity index (χ0v) is 18.7. The summed E-state index contributed by atoms with van der Waals surface area (Å²) in [6, 6.07) is 15.4. The first kappa shape index (κ1) is 25.7. The molecule has 4 N–H and O–H groups in total. The highest BCUT2D eigenvalue weighted by Gasteiger charge is 2.38. The summed E-state index contributed by atoms with van der Waals surface area (Å²) < 4.78 is 33.6. The number of aliphatic carboxylic acids is 1. The molecule has 1 aliphatic rings. The van der Waals surface area contributed by atoms with Gasteiger partial charge < -0.3 is 21.1 Å². The summed E-state index contributed by atoms with van der Waals surface area (Å²) in [7, 11) is 1.89. The second-order valence-electron chi connectivity index (χ2n) is 7.89. The minimum Gasteiger partial charge on any atom is -0.475 e. The SMILES string of the molecule is Cn1nc(CCNC(=O)C(=O)N2Cc3ccccc3C(N)C2)c2ccccc21.O=C(O)C(F)(F)F. The molecule has 35 heavy (non-hydrogen) atoms. The van der Waals surface area contributed by atoms with E-state index in [1.807, 2.05) is 60.3 Å². The molecule has 1 aromatic heterocycles. The Morgan fingerprint density at radius 3 is 2.46 bits per heavy atom. The number of halogens is 3. The van der Waals surface area contributed by atoms with Crippen LogP contribution in [0.4, 0.5) is 13.2 Å². The van der Waals surface area contributed by atoms with Crippen molar-refractivity contribution in [2.75, 3.05) is 13.1 Å². The standard InChI is InChI=1S/C21H23N5O2.C2HF3O2/c1-25-19-9-5-4-8-16(19)18(24-25)10-11-23-20(27)21(28)26-12-14-6-2-3-7-15(14)17(22)13-26;3-2(4,5)1(6)7/h2-9,17H,10-13,22H2,1H3,(H,23,27);(H,6,7). The molecule has 186 valence electrons. The maximum absolute atomic E-state index is 12.6. The molecule has 2 amide bonds. The zero-order valence-electron chi connectivity index (χ0n) is 18.7. The number of nitrogens with one attached hydrogen (secondary N) is 1. The van der Waals surface area contributed by atoms with E-state index in [-0.39, 0.29) is 6.04 Å². The number of carbonyl (C=O) groups is 3. The van der Waals surface area contributed by atoms with Gasteiger partial charge in [0.2, 0.25) is 0 Å². The Bertz CT molecular complexity index is 1240. The number of para-hydroxylation sites is 1. The smallest absolute Gasteiger partial charge is 0.475 e. The maximum atomic E-state index is 12.6. The molecule has 0 bridgehead atoms. The van der Waals surface area contributed by atoms with Crippen LogP contribution in [0.1, 0.15) is 22.9 Å². The van der Waals surface area contributed by atoms with Crippen LogP contribution in [0.5, 0.6) is 0 Å². The number of amides is 2. The third kappa shape index (κ3) is 6.15. The van der Waals surface area contributed by atoms with Gasteiger partial charge in [0.1, 0.15) is 0 Å². The van der Waals surface area contributed by atoms with Gasteiger partial charge in [0, 0.05) is 44.5 Å². The van der Waals surface area contributed by atoms with E-state index >= 15 is 0 Å². The topological polar surface area (TPSA) is 131 Å². The van der Waals surface area contributed by atoms with Gasteiger partial charge in [-0.2, -0.15) is 18.3 Å². The summed E-state index contributed by atoms with van der Waals surface area (Å²) >= 11 is 0. The quantitative estimate of drug-likeness (QED) is 0.480. The number of aryl methyl sites for hydroxylation is 1. The molecule has 0 saturated heterocycles. The van der Waals surface area contributed by atoms with Crippen molar-refractivity contribution in [3.63, 3.8) is 0 Å². The molecule has 0 saturated carbocycles. The van der Waals surface area contributed by atoms with Crippen molar-refractivity contribution < 1.29 is 32.7 Å². The minimum atomic E-state index is -5.08. The summed E-state index contributed by atoms with van der Waals surface area (Å²) in [6.45, 7) is 1.09. The van der Waals surface area contributed by atoms with Crippen LogP contribution in [0.3, 0.4) is 0 Å². The second kappa shape index (κ2) is 10.6. The molecule has 1 aliphatic heterocycles. The number of carboxylic acid groups (broad SMARTS) is 1. The fraction of sp³-hybridized carbons (Fsp3) is 0.304. The molecule has 0 spiro atoms. The van der Waals surface area contributed by atoms with Crippen molar-refractivity contribution in [2.45, 2.75) is 25.2 Å². The van der Waals surface area contributed by atoms with Crippen LogP contribution >= 0.6 is 0 Å². The first-order chi connectivity index (χ1) is 16.5. The van der Waals surface area contributed by atoms with E-state index in [1.54, 1.807) is 0 Å². The lowest BCUT2D eigenvalue weighted by Gasteiger charge is -2.32. The number of nitrogens with zero attached hydrogens (tertiary/aromatic N) is 3. The third-order valence-corrected chi connectivity index (χ3v) is 5.44. The number of hydrogen-bond donors (Lipinski definition) is 3. The molecule has 4 rings (SSSR count). The van der Waals surface area contributed by atoms with E-state index in [0.717, 1.165) is 27.7 Å². The lowest BCUT2D eigenvalue weighted by atomic mass is 9.96. The fourth-order valence-electron chi connectivity index (χ4n) is 3.79. The summed E-state index contributed by atoms with van der Waals surface area (Å²) in [5.41, 5.74) is 10.1. The van der Waals surface area contributed by atoms with E-state index in [0.29, 0.717) is 26.1 Å². The average molecular weight is 491 g/mol. The minimum absolute atomic E-state index is 0.276. The van der Waals surface area contributed by atoms with Crippen molar-refractivity contribution >= 4 is 28.7 Å². The van der Waals surface area contributed by atoms with Crippen molar-refractivity contribution in [2.24, 2.45) is 12.8 Å². The molecule has 3 aromatic rings. The molecule has 0 fully saturated rings. The second-order valence-corrected chi connectivity index (χ2v) is 7.89. The molecule has 2 heterocycles. The molecular formula is C23H24F3N5O4. The van der Waals surface area contributed by atoms with Gasteiger partial charge in [-0.3, -0.25) is 14.3 Å². The average Bonchev–Trinajstić information content (AvgIpc) is 3.14. The molecular weight excluding hydrogens is 467 g/mol. The molecule has 0 radical (unpaired) electrons. The lowest BCUT2D eigenvalue weighted by molar-refractivity contribution is -0.192. The lowest BCUT2D eigenvalue weighted by Crippen LogP contribution is -2.47. The highest BCUT2D eigenvalue weighted by Crippen LogP contribution is 2.24. The predicted molar refractivity (Wildman–Crippen MR) is 120 cm³/mol. The Morgan fingerprint density at radius 2 is 1.77 bits per heavy atom. The van der Waals surface area contributed by atoms with Gasteiger partial charge in [0.05, 0.1) is 11.2 Å². The monoisotopic (exact) mass is 491 g/mol. The Hall–Kier alpha value is -3.93. The van der Waals surface area contributed by atoms with Crippen LogP contribution in [0.15, 0.2) is 48.5 Å². The van der Waals surface area contributed by atoms with Gasteiger partial charge in [-0.05, 0) is 17.2 Å². The number of alkyl halides is 3. The summed E-state index contributed by atoms with van der Waals surface area (Å²) in [6.07, 6.45) is -4.53. The van der Waals surface area contributed by atoms with Crippen LogP contribution in [-0.2, 0) is 34.4 Å². The van der Waals surface area contributed by atoms with Gasteiger partial charge >= 0.3 is 24.0 Å². The number of rotatable bonds is 3. The number of nitrogens with two attached hydrogens (primary N) is 1. The van der Waals surface area contributed by atoms with Crippen LogP contribution in [0.2, 0.25) is 0 Å². The summed E-state index contributed by atoms with van der Waals surface area (Å²) in [5.74, 6) is -3.91. The van der Waals surface area contributed by atoms with Crippen molar-refractivity contribution in [3.8, 4) is 0 Å². The van der Waals surface area contributed by atoms with Crippen LogP contribution in [0.25, 0.3) is 10.9 Å². The molecule has 9 nitrogen and oxygen atoms in total. The highest BCUT2D eigenvalue weighted by atomic mass is 19.4. The number of carboxylic acids is 1. The zero-order chi connectivity index (χ0) is 25.8. The summed E-state index contributed by atoms with van der Waals surface area (Å²) in [4.78, 5) is 35.3. The Kier molecular flexibility index (Phi) is 7.75. The first-order valence-corrected chi connectivity index (χ1v) is 10.6. The van der Waals surface area contributed by atoms with Gasteiger partial charge in [-0.25, -0.2) is 4.79 Å². The van der Waals surface area contributed by atoms with Crippen molar-refractivity contribution in [1.29, 1.82) is 0 Å². The number of carbonyl (C=O) groups excluding carboxylic acids is 2. The van der Waals surface area contributed by atoms with Crippen LogP contribution in [-0.4, -0.2) is 56.8 Å². The Labute approximate surface area is 198 Å². The highest BCUT2D eigenvalue weighted by molar-refractivity contribution is 6.35. The normalized spacial score (nSPS) is 15.1. The molecule has 2 aromatic carbocycles. The number of benzene rings is 2. The molecule has 1 unspecified atom stereocenters. The van der Waals surface area contributed by atoms with Crippen LogP contribution in [0, 0.1) is 0 Å². The number of fused-ring (bicyclic) bond motifs is 2. The van der Waals surface area contributed by atoms with E-state index < -0.39 is 24.0 Å². The Balaban J connectivity index is 0.000000429. The van der Waals surface area contributed by atoms with Gasteiger partial charge in [-0.1, -0.05) is 42.5 Å². The van der Waals surface area contributed by atoms with E-state index in [4.69, 9.17) is 15.6 Å². The first-order valence-electron chi connectivity index (χ1n) is 10.6. The maximum Gasteiger partial charge on any atom is 0.490 e. The Morgan fingerprint density at radius 1 is 1.14 bits per heavy atom. The van der Waals surface area contributed by atoms with Crippen molar-refractivity contribution in [3.05, 3.63) is 65.4 Å². The van der Waals surface area contributed by atoms with Gasteiger partial charge in [0.25, 0.3) is 0 Å². The largest absolute Gasteiger partial charge is 0.490 e.